The van der Waals surface area contributed by atoms with Crippen LogP contribution in [0.5, 0.6) is 0 Å². The maximum atomic E-state index is 2.35. The van der Waals surface area contributed by atoms with Crippen molar-refractivity contribution < 1.29 is 0 Å². The van der Waals surface area contributed by atoms with Gasteiger partial charge in [0.25, 0.3) is 0 Å². The lowest BCUT2D eigenvalue weighted by Crippen LogP contribution is -1.98. The number of aromatic nitrogens is 1. The van der Waals surface area contributed by atoms with Crippen molar-refractivity contribution in [3.63, 3.8) is 0 Å². The zero-order chi connectivity index (χ0) is 11.7. The van der Waals surface area contributed by atoms with E-state index < -0.39 is 0 Å². The summed E-state index contributed by atoms with van der Waals surface area (Å²) in [5.74, 6) is 0. The Labute approximate surface area is 105 Å². The largest absolute Gasteiger partial charge is 0.347 e. The van der Waals surface area contributed by atoms with Gasteiger partial charge < -0.3 is 4.57 Å². The second-order valence-electron chi connectivity index (χ2n) is 4.35. The number of fused-ring (bicyclic) bond motifs is 1. The first-order valence-electron chi connectivity index (χ1n) is 5.91. The van der Waals surface area contributed by atoms with Crippen molar-refractivity contribution in [3.05, 3.63) is 58.4 Å². The molecule has 0 radical (unpaired) electrons. The van der Waals surface area contributed by atoms with Crippen molar-refractivity contribution >= 4 is 22.2 Å². The van der Waals surface area contributed by atoms with Gasteiger partial charge >= 0.3 is 0 Å². The van der Waals surface area contributed by atoms with Gasteiger partial charge in [-0.2, -0.15) is 0 Å². The number of benzene rings is 1. The third-order valence-electron chi connectivity index (χ3n) is 3.21. The van der Waals surface area contributed by atoms with Gasteiger partial charge in [-0.05, 0) is 42.5 Å². The first kappa shape index (κ1) is 10.6. The lowest BCUT2D eigenvalue weighted by molar-refractivity contribution is 0.730. The summed E-state index contributed by atoms with van der Waals surface area (Å²) in [6.07, 6.45) is 3.32. The average molecular weight is 241 g/mol. The Morgan fingerprint density at radius 3 is 2.88 bits per heavy atom. The third kappa shape index (κ3) is 2.01. The van der Waals surface area contributed by atoms with Crippen LogP contribution in [0.15, 0.2) is 48.0 Å². The first-order valence-corrected chi connectivity index (χ1v) is 6.79. The molecule has 2 heteroatoms. The highest BCUT2D eigenvalue weighted by Gasteiger charge is 2.03. The molecule has 1 nitrogen and oxygen atoms in total. The SMILES string of the molecule is Cc1cccc2c1ccn2CCc1cccs1. The molecule has 0 saturated heterocycles. The van der Waals surface area contributed by atoms with Crippen molar-refractivity contribution in [3.8, 4) is 0 Å². The van der Waals surface area contributed by atoms with Crippen molar-refractivity contribution in [2.75, 3.05) is 0 Å². The van der Waals surface area contributed by atoms with Gasteiger partial charge in [0, 0.05) is 28.5 Å². The van der Waals surface area contributed by atoms with Crippen LogP contribution >= 0.6 is 11.3 Å². The summed E-state index contributed by atoms with van der Waals surface area (Å²) in [6.45, 7) is 3.24. The standard InChI is InChI=1S/C15H15NS/c1-12-4-2-6-15-14(12)8-10-16(15)9-7-13-5-3-11-17-13/h2-6,8,10-11H,7,9H2,1H3. The van der Waals surface area contributed by atoms with Crippen molar-refractivity contribution in [2.45, 2.75) is 19.9 Å². The maximum absolute atomic E-state index is 2.35. The van der Waals surface area contributed by atoms with Gasteiger partial charge in [0.2, 0.25) is 0 Å². The van der Waals surface area contributed by atoms with Crippen LogP contribution in [0.25, 0.3) is 10.9 Å². The molecule has 3 aromatic rings. The highest BCUT2D eigenvalue weighted by molar-refractivity contribution is 7.09. The van der Waals surface area contributed by atoms with Crippen LogP contribution < -0.4 is 0 Å². The second-order valence-corrected chi connectivity index (χ2v) is 5.38. The Kier molecular flexibility index (Phi) is 2.73. The van der Waals surface area contributed by atoms with Crippen molar-refractivity contribution in [1.82, 2.24) is 4.57 Å². The molecule has 0 aliphatic rings. The molecule has 0 saturated carbocycles. The molecule has 2 aromatic heterocycles. The maximum Gasteiger partial charge on any atom is 0.0483 e. The highest BCUT2D eigenvalue weighted by Crippen LogP contribution is 2.20. The molecule has 17 heavy (non-hydrogen) atoms. The van der Waals surface area contributed by atoms with Gasteiger partial charge in [-0.25, -0.2) is 0 Å². The van der Waals surface area contributed by atoms with Crippen LogP contribution in [0.1, 0.15) is 10.4 Å². The van der Waals surface area contributed by atoms with Gasteiger partial charge in [-0.3, -0.25) is 0 Å². The molecule has 0 bridgehead atoms. The van der Waals surface area contributed by atoms with Gasteiger partial charge in [0.1, 0.15) is 0 Å². The second kappa shape index (κ2) is 4.38. The fourth-order valence-corrected chi connectivity index (χ4v) is 2.96. The summed E-state index contributed by atoms with van der Waals surface area (Å²) in [6, 6.07) is 13.1. The summed E-state index contributed by atoms with van der Waals surface area (Å²) in [5.41, 5.74) is 2.71. The molecule has 2 heterocycles. The molecule has 0 N–H and O–H groups in total. The van der Waals surface area contributed by atoms with E-state index >= 15 is 0 Å². The number of aryl methyl sites for hydroxylation is 3. The van der Waals surface area contributed by atoms with Gasteiger partial charge in [0.15, 0.2) is 0 Å². The van der Waals surface area contributed by atoms with E-state index in [1.165, 1.54) is 21.3 Å². The fourth-order valence-electron chi connectivity index (χ4n) is 2.26. The van der Waals surface area contributed by atoms with Crippen LogP contribution in [0.3, 0.4) is 0 Å². The van der Waals surface area contributed by atoms with E-state index in [0.717, 1.165) is 13.0 Å². The highest BCUT2D eigenvalue weighted by atomic mass is 32.1. The minimum Gasteiger partial charge on any atom is -0.347 e. The Morgan fingerprint density at radius 1 is 1.12 bits per heavy atom. The summed E-state index contributed by atoms with van der Waals surface area (Å²) in [4.78, 5) is 1.46. The number of rotatable bonds is 3. The van der Waals surface area contributed by atoms with E-state index in [0.29, 0.717) is 0 Å². The quantitative estimate of drug-likeness (QED) is 0.646. The van der Waals surface area contributed by atoms with E-state index in [-0.39, 0.29) is 0 Å². The monoisotopic (exact) mass is 241 g/mol. The molecular weight excluding hydrogens is 226 g/mol. The molecular formula is C15H15NS. The minimum absolute atomic E-state index is 1.06. The molecule has 0 amide bonds. The predicted octanol–water partition coefficient (Wildman–Crippen LogP) is 4.25. The number of hydrogen-bond donors (Lipinski definition) is 0. The summed E-state index contributed by atoms with van der Waals surface area (Å²) in [7, 11) is 0. The van der Waals surface area contributed by atoms with Crippen molar-refractivity contribution in [1.29, 1.82) is 0 Å². The average Bonchev–Trinajstić information content (AvgIpc) is 2.95. The van der Waals surface area contributed by atoms with Gasteiger partial charge in [-0.15, -0.1) is 11.3 Å². The lowest BCUT2D eigenvalue weighted by atomic mass is 10.1. The summed E-state index contributed by atoms with van der Waals surface area (Å²) >= 11 is 1.84. The zero-order valence-electron chi connectivity index (χ0n) is 9.89. The molecule has 86 valence electrons. The number of hydrogen-bond acceptors (Lipinski definition) is 1. The van der Waals surface area contributed by atoms with Crippen LogP contribution in [0.2, 0.25) is 0 Å². The molecule has 3 rings (SSSR count). The van der Waals surface area contributed by atoms with E-state index in [9.17, 15) is 0 Å². The zero-order valence-corrected chi connectivity index (χ0v) is 10.7. The molecule has 0 aliphatic heterocycles. The first-order chi connectivity index (χ1) is 8.34. The number of nitrogens with zero attached hydrogens (tertiary/aromatic N) is 1. The Bertz CT molecular complexity index is 619. The summed E-state index contributed by atoms with van der Waals surface area (Å²) in [5, 5.41) is 3.52. The van der Waals surface area contributed by atoms with E-state index in [2.05, 4.69) is 59.5 Å². The molecule has 0 spiro atoms. The van der Waals surface area contributed by atoms with E-state index in [1.807, 2.05) is 11.3 Å². The van der Waals surface area contributed by atoms with Gasteiger partial charge in [-0.1, -0.05) is 18.2 Å². The minimum atomic E-state index is 1.06. The molecule has 0 aliphatic carbocycles. The normalized spacial score (nSPS) is 11.1. The Morgan fingerprint density at radius 2 is 2.06 bits per heavy atom. The van der Waals surface area contributed by atoms with E-state index in [1.54, 1.807) is 0 Å². The summed E-state index contributed by atoms with van der Waals surface area (Å²) < 4.78 is 2.35. The molecule has 0 atom stereocenters. The number of thiophene rings is 1. The van der Waals surface area contributed by atoms with Crippen LogP contribution in [0.4, 0.5) is 0 Å². The molecule has 0 fully saturated rings. The van der Waals surface area contributed by atoms with Crippen LogP contribution in [-0.2, 0) is 13.0 Å². The lowest BCUT2D eigenvalue weighted by Gasteiger charge is -2.04. The topological polar surface area (TPSA) is 4.93 Å². The molecule has 0 unspecified atom stereocenters. The fraction of sp³-hybridized carbons (Fsp3) is 0.200. The third-order valence-corrected chi connectivity index (χ3v) is 4.15. The predicted molar refractivity (Wildman–Crippen MR) is 74.7 cm³/mol. The van der Waals surface area contributed by atoms with Gasteiger partial charge in [0.05, 0.1) is 0 Å². The molecule has 1 aromatic carbocycles. The van der Waals surface area contributed by atoms with Crippen LogP contribution in [-0.4, -0.2) is 4.57 Å². The Hall–Kier alpha value is -1.54. The Balaban J connectivity index is 1.88. The van der Waals surface area contributed by atoms with Crippen LogP contribution in [0, 0.1) is 6.92 Å². The van der Waals surface area contributed by atoms with Crippen molar-refractivity contribution in [2.24, 2.45) is 0 Å². The smallest absolute Gasteiger partial charge is 0.0483 e. The van der Waals surface area contributed by atoms with E-state index in [4.69, 9.17) is 0 Å².